The average Bonchev–Trinajstić information content (AvgIpc) is 1.89. The summed E-state index contributed by atoms with van der Waals surface area (Å²) in [6, 6.07) is 0. The Hall–Kier alpha value is -0.900. The van der Waals surface area contributed by atoms with E-state index in [9.17, 15) is 0 Å². The van der Waals surface area contributed by atoms with Gasteiger partial charge in [0.05, 0.1) is 12.3 Å². The molecule has 0 saturated carbocycles. The van der Waals surface area contributed by atoms with Crippen LogP contribution in [0.2, 0.25) is 0 Å². The second-order valence-electron chi connectivity index (χ2n) is 1.58. The zero-order valence-corrected chi connectivity index (χ0v) is 5.39. The summed E-state index contributed by atoms with van der Waals surface area (Å²) in [5.74, 6) is 0. The first-order valence-corrected chi connectivity index (χ1v) is 2.69. The molecule has 0 unspecified atom stereocenters. The van der Waals surface area contributed by atoms with Crippen molar-refractivity contribution in [3.05, 3.63) is 11.9 Å². The molecule has 4 nitrogen and oxygen atoms in total. The third-order valence-corrected chi connectivity index (χ3v) is 0.743. The smallest absolute Gasteiger partial charge is 0.0748 e. The van der Waals surface area contributed by atoms with Crippen molar-refractivity contribution in [2.24, 2.45) is 5.11 Å². The van der Waals surface area contributed by atoms with Crippen molar-refractivity contribution in [2.45, 2.75) is 6.92 Å². The molecule has 3 N–H and O–H groups in total. The van der Waals surface area contributed by atoms with Gasteiger partial charge in [0, 0.05) is 12.7 Å². The molecule has 0 aromatic rings. The molecule has 0 aromatic heterocycles. The zero-order valence-electron chi connectivity index (χ0n) is 5.39. The number of hydrogen-bond acceptors (Lipinski definition) is 4. The predicted octanol–water partition coefficient (Wildman–Crippen LogP) is 0.461. The van der Waals surface area contributed by atoms with Gasteiger partial charge < -0.3 is 10.4 Å². The molecule has 0 aromatic carbocycles. The molecular weight excluding hydrogens is 118 g/mol. The van der Waals surface area contributed by atoms with Gasteiger partial charge in [-0.15, -0.1) is 0 Å². The second kappa shape index (κ2) is 5.24. The normalized spacial score (nSPS) is 11.1. The van der Waals surface area contributed by atoms with E-state index in [4.69, 9.17) is 10.6 Å². The van der Waals surface area contributed by atoms with Crippen LogP contribution in [0.1, 0.15) is 6.92 Å². The van der Waals surface area contributed by atoms with Crippen molar-refractivity contribution in [1.29, 1.82) is 5.53 Å². The van der Waals surface area contributed by atoms with Gasteiger partial charge in [-0.1, -0.05) is 0 Å². The summed E-state index contributed by atoms with van der Waals surface area (Å²) in [5, 5.41) is 14.2. The van der Waals surface area contributed by atoms with Crippen LogP contribution in [0.3, 0.4) is 0 Å². The van der Waals surface area contributed by atoms with E-state index in [2.05, 4.69) is 10.4 Å². The number of nitrogens with one attached hydrogen (secondary N) is 2. The fourth-order valence-corrected chi connectivity index (χ4v) is 0.317. The van der Waals surface area contributed by atoms with Crippen molar-refractivity contribution in [3.63, 3.8) is 0 Å². The van der Waals surface area contributed by atoms with Crippen LogP contribution in [0.4, 0.5) is 0 Å². The van der Waals surface area contributed by atoms with Gasteiger partial charge in [0.15, 0.2) is 0 Å². The van der Waals surface area contributed by atoms with Gasteiger partial charge in [0.2, 0.25) is 0 Å². The lowest BCUT2D eigenvalue weighted by molar-refractivity contribution is 0.298. The standard InChI is InChI=1S/C5H11N3O/c1-5(8-6)4-7-2-3-9/h4,6-7,9H,2-3H2,1H3/b5-4-,8-6?. The van der Waals surface area contributed by atoms with E-state index in [1.165, 1.54) is 0 Å². The number of aliphatic hydroxyl groups is 1. The molecule has 0 atom stereocenters. The molecule has 0 rings (SSSR count). The maximum Gasteiger partial charge on any atom is 0.0748 e. The summed E-state index contributed by atoms with van der Waals surface area (Å²) in [7, 11) is 0. The van der Waals surface area contributed by atoms with E-state index in [0.717, 1.165) is 0 Å². The van der Waals surface area contributed by atoms with Gasteiger partial charge in [-0.3, -0.25) is 0 Å². The molecule has 0 fully saturated rings. The Morgan fingerprint density at radius 3 is 3.00 bits per heavy atom. The highest BCUT2D eigenvalue weighted by atomic mass is 16.3. The SMILES string of the molecule is C/C(=C/NCCO)N=N. The largest absolute Gasteiger partial charge is 0.395 e. The summed E-state index contributed by atoms with van der Waals surface area (Å²) in [5.41, 5.74) is 7.10. The van der Waals surface area contributed by atoms with E-state index in [0.29, 0.717) is 12.2 Å². The lowest BCUT2D eigenvalue weighted by Gasteiger charge is -1.94. The van der Waals surface area contributed by atoms with E-state index in [-0.39, 0.29) is 6.61 Å². The molecule has 0 radical (unpaired) electrons. The number of allylic oxidation sites excluding steroid dienone is 1. The van der Waals surface area contributed by atoms with E-state index >= 15 is 0 Å². The van der Waals surface area contributed by atoms with Crippen LogP contribution in [-0.4, -0.2) is 18.3 Å². The molecule has 0 spiro atoms. The minimum Gasteiger partial charge on any atom is -0.395 e. The number of aliphatic hydroxyl groups excluding tert-OH is 1. The lowest BCUT2D eigenvalue weighted by Crippen LogP contribution is -2.10. The molecule has 0 bridgehead atoms. The summed E-state index contributed by atoms with van der Waals surface area (Å²) in [4.78, 5) is 0. The maximum atomic E-state index is 8.28. The quantitative estimate of drug-likeness (QED) is 0.381. The lowest BCUT2D eigenvalue weighted by atomic mass is 10.5. The predicted molar refractivity (Wildman–Crippen MR) is 34.0 cm³/mol. The van der Waals surface area contributed by atoms with Crippen LogP contribution < -0.4 is 5.32 Å². The zero-order chi connectivity index (χ0) is 7.11. The van der Waals surface area contributed by atoms with Crippen molar-refractivity contribution in [1.82, 2.24) is 5.32 Å². The minimum atomic E-state index is 0.0990. The van der Waals surface area contributed by atoms with Gasteiger partial charge >= 0.3 is 0 Å². The van der Waals surface area contributed by atoms with Crippen LogP contribution in [-0.2, 0) is 0 Å². The Labute approximate surface area is 54.1 Å². The van der Waals surface area contributed by atoms with Crippen molar-refractivity contribution in [2.75, 3.05) is 13.2 Å². The third kappa shape index (κ3) is 4.96. The summed E-state index contributed by atoms with van der Waals surface area (Å²) in [6.45, 7) is 2.31. The minimum absolute atomic E-state index is 0.0990. The molecular formula is C5H11N3O. The van der Waals surface area contributed by atoms with Gasteiger partial charge in [-0.25, -0.2) is 5.53 Å². The van der Waals surface area contributed by atoms with E-state index in [1.807, 2.05) is 0 Å². The van der Waals surface area contributed by atoms with Gasteiger partial charge in [-0.05, 0) is 6.92 Å². The second-order valence-corrected chi connectivity index (χ2v) is 1.58. The first-order chi connectivity index (χ1) is 4.31. The summed E-state index contributed by atoms with van der Waals surface area (Å²) in [6.07, 6.45) is 1.59. The average molecular weight is 129 g/mol. The maximum absolute atomic E-state index is 8.28. The monoisotopic (exact) mass is 129 g/mol. The fraction of sp³-hybridized carbons (Fsp3) is 0.600. The molecule has 0 heterocycles. The third-order valence-electron chi connectivity index (χ3n) is 0.743. The van der Waals surface area contributed by atoms with Crippen LogP contribution in [0, 0.1) is 5.53 Å². The molecule has 0 aliphatic carbocycles. The van der Waals surface area contributed by atoms with E-state index < -0.39 is 0 Å². The van der Waals surface area contributed by atoms with Crippen molar-refractivity contribution >= 4 is 0 Å². The van der Waals surface area contributed by atoms with Crippen molar-refractivity contribution < 1.29 is 5.11 Å². The Kier molecular flexibility index (Phi) is 4.72. The van der Waals surface area contributed by atoms with Gasteiger partial charge in [0.1, 0.15) is 0 Å². The highest BCUT2D eigenvalue weighted by molar-refractivity contribution is 4.91. The summed E-state index contributed by atoms with van der Waals surface area (Å²) >= 11 is 0. The van der Waals surface area contributed by atoms with Crippen LogP contribution in [0.25, 0.3) is 0 Å². The molecule has 0 saturated heterocycles. The molecule has 0 aliphatic rings. The topological polar surface area (TPSA) is 68.5 Å². The molecule has 9 heavy (non-hydrogen) atoms. The Balaban J connectivity index is 3.31. The number of hydrogen-bond donors (Lipinski definition) is 3. The van der Waals surface area contributed by atoms with Crippen LogP contribution >= 0.6 is 0 Å². The fourth-order valence-electron chi connectivity index (χ4n) is 0.317. The summed E-state index contributed by atoms with van der Waals surface area (Å²) < 4.78 is 0. The van der Waals surface area contributed by atoms with Gasteiger partial charge in [-0.2, -0.15) is 5.11 Å². The molecule has 52 valence electrons. The Bertz CT molecular complexity index is 111. The Morgan fingerprint density at radius 2 is 2.56 bits per heavy atom. The number of nitrogens with zero attached hydrogens (tertiary/aromatic N) is 1. The highest BCUT2D eigenvalue weighted by Crippen LogP contribution is 1.87. The first kappa shape index (κ1) is 8.10. The number of rotatable bonds is 4. The first-order valence-electron chi connectivity index (χ1n) is 2.69. The molecule has 0 aliphatic heterocycles. The van der Waals surface area contributed by atoms with E-state index in [1.54, 1.807) is 13.1 Å². The highest BCUT2D eigenvalue weighted by Gasteiger charge is 1.79. The molecule has 4 heteroatoms. The van der Waals surface area contributed by atoms with Gasteiger partial charge in [0.25, 0.3) is 0 Å². The Morgan fingerprint density at radius 1 is 1.89 bits per heavy atom. The van der Waals surface area contributed by atoms with Crippen LogP contribution in [0.15, 0.2) is 17.0 Å². The van der Waals surface area contributed by atoms with Crippen LogP contribution in [0.5, 0.6) is 0 Å². The van der Waals surface area contributed by atoms with Crippen molar-refractivity contribution in [3.8, 4) is 0 Å². The molecule has 0 amide bonds.